The number of carbonyl (C=O) groups is 2. The van der Waals surface area contributed by atoms with E-state index in [1.54, 1.807) is 18.1 Å². The van der Waals surface area contributed by atoms with Gasteiger partial charge in [-0.1, -0.05) is 27.4 Å². The van der Waals surface area contributed by atoms with Gasteiger partial charge < -0.3 is 14.6 Å². The molecule has 23 heavy (non-hydrogen) atoms. The SMILES string of the molecule is C=CC(=O)NCC(C)N(C)C(=O)CCc1ncc(C(C)(C)C)o1. The normalized spacial score (nSPS) is 12.6. The quantitative estimate of drug-likeness (QED) is 0.780. The van der Waals surface area contributed by atoms with Crippen LogP contribution in [0.2, 0.25) is 0 Å². The first-order chi connectivity index (χ1) is 10.6. The lowest BCUT2D eigenvalue weighted by Gasteiger charge is -2.25. The van der Waals surface area contributed by atoms with Crippen LogP contribution >= 0.6 is 0 Å². The average molecular weight is 321 g/mol. The molecule has 0 aliphatic carbocycles. The summed E-state index contributed by atoms with van der Waals surface area (Å²) in [7, 11) is 1.73. The molecular weight excluding hydrogens is 294 g/mol. The minimum absolute atomic E-state index is 0.0131. The topological polar surface area (TPSA) is 75.4 Å². The van der Waals surface area contributed by atoms with Crippen molar-refractivity contribution in [3.8, 4) is 0 Å². The fraction of sp³-hybridized carbons (Fsp3) is 0.588. The van der Waals surface area contributed by atoms with Crippen molar-refractivity contribution in [3.05, 3.63) is 30.5 Å². The Hall–Kier alpha value is -2.11. The van der Waals surface area contributed by atoms with Crippen LogP contribution in [0.5, 0.6) is 0 Å². The molecule has 0 radical (unpaired) electrons. The second kappa shape index (κ2) is 7.94. The van der Waals surface area contributed by atoms with Gasteiger partial charge in [-0.2, -0.15) is 0 Å². The Morgan fingerprint density at radius 3 is 2.65 bits per heavy atom. The van der Waals surface area contributed by atoms with Crippen LogP contribution in [0.25, 0.3) is 0 Å². The number of likely N-dealkylation sites (N-methyl/N-ethyl adjacent to an activating group) is 1. The highest BCUT2D eigenvalue weighted by molar-refractivity contribution is 5.86. The molecule has 1 aromatic rings. The minimum atomic E-state index is -0.243. The number of oxazole rings is 1. The molecule has 0 saturated heterocycles. The molecule has 1 aromatic heterocycles. The maximum Gasteiger partial charge on any atom is 0.243 e. The van der Waals surface area contributed by atoms with Gasteiger partial charge in [0.1, 0.15) is 5.76 Å². The van der Waals surface area contributed by atoms with E-state index in [4.69, 9.17) is 4.42 Å². The second-order valence-electron chi connectivity index (χ2n) is 6.67. The maximum atomic E-state index is 12.2. The summed E-state index contributed by atoms with van der Waals surface area (Å²) >= 11 is 0. The summed E-state index contributed by atoms with van der Waals surface area (Å²) in [5.41, 5.74) is -0.0933. The molecule has 0 aliphatic rings. The highest BCUT2D eigenvalue weighted by atomic mass is 16.4. The highest BCUT2D eigenvalue weighted by Crippen LogP contribution is 2.23. The molecule has 6 nitrogen and oxygen atoms in total. The van der Waals surface area contributed by atoms with E-state index < -0.39 is 0 Å². The number of aromatic nitrogens is 1. The lowest BCUT2D eigenvalue weighted by atomic mass is 9.94. The van der Waals surface area contributed by atoms with Gasteiger partial charge in [0.15, 0.2) is 5.89 Å². The molecule has 1 atom stereocenters. The summed E-state index contributed by atoms with van der Waals surface area (Å²) < 4.78 is 5.68. The van der Waals surface area contributed by atoms with E-state index in [-0.39, 0.29) is 23.3 Å². The molecule has 0 spiro atoms. The smallest absolute Gasteiger partial charge is 0.243 e. The van der Waals surface area contributed by atoms with E-state index in [0.717, 1.165) is 5.76 Å². The van der Waals surface area contributed by atoms with Crippen molar-refractivity contribution in [3.63, 3.8) is 0 Å². The summed E-state index contributed by atoms with van der Waals surface area (Å²) in [6, 6.07) is -0.0962. The van der Waals surface area contributed by atoms with E-state index in [0.29, 0.717) is 25.3 Å². The maximum absolute atomic E-state index is 12.2. The molecular formula is C17H27N3O3. The standard InChI is InChI=1S/C17H27N3O3/c1-7-14(21)18-10-12(2)20(6)16(22)9-8-15-19-11-13(23-15)17(3,4)5/h7,11-12H,1,8-10H2,2-6H3,(H,18,21). The van der Waals surface area contributed by atoms with Gasteiger partial charge in [0.2, 0.25) is 11.8 Å². The first-order valence-corrected chi connectivity index (χ1v) is 7.76. The molecule has 1 rings (SSSR count). The predicted octanol–water partition coefficient (Wildman–Crippen LogP) is 2.05. The van der Waals surface area contributed by atoms with Gasteiger partial charge in [0, 0.05) is 37.9 Å². The van der Waals surface area contributed by atoms with Gasteiger partial charge in [-0.05, 0) is 13.0 Å². The lowest BCUT2D eigenvalue weighted by molar-refractivity contribution is -0.132. The van der Waals surface area contributed by atoms with Gasteiger partial charge in [-0.3, -0.25) is 9.59 Å². The van der Waals surface area contributed by atoms with Gasteiger partial charge in [0.05, 0.1) is 6.20 Å². The number of carbonyl (C=O) groups excluding carboxylic acids is 2. The van der Waals surface area contributed by atoms with Gasteiger partial charge in [-0.15, -0.1) is 0 Å². The Balaban J connectivity index is 2.47. The molecule has 0 aliphatic heterocycles. The van der Waals surface area contributed by atoms with Crippen molar-refractivity contribution < 1.29 is 14.0 Å². The second-order valence-corrected chi connectivity index (χ2v) is 6.67. The van der Waals surface area contributed by atoms with Crippen LogP contribution in [-0.4, -0.2) is 41.3 Å². The third kappa shape index (κ3) is 5.88. The summed E-state index contributed by atoms with van der Waals surface area (Å²) in [6.45, 7) is 11.8. The van der Waals surface area contributed by atoms with E-state index in [9.17, 15) is 9.59 Å². The average Bonchev–Trinajstić information content (AvgIpc) is 2.98. The number of rotatable bonds is 7. The number of hydrogen-bond donors (Lipinski definition) is 1. The molecule has 0 aromatic carbocycles. The largest absolute Gasteiger partial charge is 0.445 e. The minimum Gasteiger partial charge on any atom is -0.445 e. The van der Waals surface area contributed by atoms with Crippen molar-refractivity contribution >= 4 is 11.8 Å². The van der Waals surface area contributed by atoms with Crippen LogP contribution in [0.1, 0.15) is 45.8 Å². The van der Waals surface area contributed by atoms with E-state index in [1.165, 1.54) is 6.08 Å². The van der Waals surface area contributed by atoms with Crippen LogP contribution in [0.3, 0.4) is 0 Å². The third-order valence-electron chi connectivity index (χ3n) is 3.66. The Morgan fingerprint density at radius 1 is 1.48 bits per heavy atom. The molecule has 6 heteroatoms. The van der Waals surface area contributed by atoms with Gasteiger partial charge >= 0.3 is 0 Å². The highest BCUT2D eigenvalue weighted by Gasteiger charge is 2.20. The van der Waals surface area contributed by atoms with Crippen LogP contribution in [-0.2, 0) is 21.4 Å². The molecule has 0 saturated carbocycles. The van der Waals surface area contributed by atoms with Crippen LogP contribution in [0, 0.1) is 0 Å². The third-order valence-corrected chi connectivity index (χ3v) is 3.66. The Bertz CT molecular complexity index is 558. The van der Waals surface area contributed by atoms with Crippen molar-refractivity contribution in [1.82, 2.24) is 15.2 Å². The predicted molar refractivity (Wildman–Crippen MR) is 89.0 cm³/mol. The van der Waals surface area contributed by atoms with Gasteiger partial charge in [-0.25, -0.2) is 4.98 Å². The first kappa shape index (κ1) is 18.9. The fourth-order valence-electron chi connectivity index (χ4n) is 1.87. The Kier molecular flexibility index (Phi) is 6.54. The number of nitrogens with one attached hydrogen (secondary N) is 1. The van der Waals surface area contributed by atoms with Crippen molar-refractivity contribution in [1.29, 1.82) is 0 Å². The van der Waals surface area contributed by atoms with Crippen molar-refractivity contribution in [2.45, 2.75) is 52.0 Å². The summed E-state index contributed by atoms with van der Waals surface area (Å²) in [5, 5.41) is 2.68. The van der Waals surface area contributed by atoms with E-state index in [1.807, 2.05) is 6.92 Å². The molecule has 0 bridgehead atoms. The van der Waals surface area contributed by atoms with E-state index >= 15 is 0 Å². The first-order valence-electron chi connectivity index (χ1n) is 7.76. The van der Waals surface area contributed by atoms with Crippen LogP contribution in [0.15, 0.2) is 23.3 Å². The number of hydrogen-bond acceptors (Lipinski definition) is 4. The van der Waals surface area contributed by atoms with Crippen molar-refractivity contribution in [2.24, 2.45) is 0 Å². The molecule has 1 heterocycles. The Labute approximate surface area is 137 Å². The molecule has 0 fully saturated rings. The fourth-order valence-corrected chi connectivity index (χ4v) is 1.87. The van der Waals surface area contributed by atoms with Crippen LogP contribution < -0.4 is 5.32 Å². The lowest BCUT2D eigenvalue weighted by Crippen LogP contribution is -2.42. The summed E-state index contributed by atoms with van der Waals surface area (Å²) in [5.74, 6) is 1.13. The summed E-state index contributed by atoms with van der Waals surface area (Å²) in [4.78, 5) is 29.2. The van der Waals surface area contributed by atoms with Crippen LogP contribution in [0.4, 0.5) is 0 Å². The van der Waals surface area contributed by atoms with E-state index in [2.05, 4.69) is 37.7 Å². The molecule has 1 unspecified atom stereocenters. The number of amides is 2. The summed E-state index contributed by atoms with van der Waals surface area (Å²) in [6.07, 6.45) is 3.71. The molecule has 128 valence electrons. The monoisotopic (exact) mass is 321 g/mol. The molecule has 1 N–H and O–H groups in total. The zero-order valence-electron chi connectivity index (χ0n) is 14.7. The Morgan fingerprint density at radius 2 is 2.13 bits per heavy atom. The zero-order valence-corrected chi connectivity index (χ0v) is 14.7. The van der Waals surface area contributed by atoms with Crippen molar-refractivity contribution in [2.75, 3.05) is 13.6 Å². The number of nitrogens with zero attached hydrogens (tertiary/aromatic N) is 2. The molecule has 2 amide bonds. The zero-order chi connectivity index (χ0) is 17.6. The van der Waals surface area contributed by atoms with Gasteiger partial charge in [0.25, 0.3) is 0 Å². The number of aryl methyl sites for hydroxylation is 1.